The minimum Gasteiger partial charge on any atom is -0.441 e. The van der Waals surface area contributed by atoms with Gasteiger partial charge in [-0.3, -0.25) is 9.36 Å². The van der Waals surface area contributed by atoms with Gasteiger partial charge in [0.25, 0.3) is 5.82 Å². The topological polar surface area (TPSA) is 105 Å². The van der Waals surface area contributed by atoms with Gasteiger partial charge < -0.3 is 14.9 Å². The zero-order valence-electron chi connectivity index (χ0n) is 10.6. The van der Waals surface area contributed by atoms with Crippen molar-refractivity contribution in [2.24, 2.45) is 0 Å². The number of aromatic nitrogens is 4. The summed E-state index contributed by atoms with van der Waals surface area (Å²) in [6.07, 6.45) is 4.29. The highest BCUT2D eigenvalue weighted by Gasteiger charge is 2.31. The molecule has 0 N–H and O–H groups in total. The summed E-state index contributed by atoms with van der Waals surface area (Å²) < 4.78 is 8.37. The lowest BCUT2D eigenvalue weighted by molar-refractivity contribution is -0.392. The van der Waals surface area contributed by atoms with Crippen molar-refractivity contribution < 1.29 is 14.5 Å². The van der Waals surface area contributed by atoms with E-state index < -0.39 is 17.1 Å². The van der Waals surface area contributed by atoms with Crippen LogP contribution in [0.1, 0.15) is 19.6 Å². The molecular formula is C11H11N5O4. The molecule has 20 heavy (non-hydrogen) atoms. The van der Waals surface area contributed by atoms with Gasteiger partial charge in [0.2, 0.25) is 5.82 Å². The van der Waals surface area contributed by atoms with Gasteiger partial charge in [0.15, 0.2) is 6.23 Å². The molecule has 0 amide bonds. The Balaban J connectivity index is 2.09. The van der Waals surface area contributed by atoms with Crippen LogP contribution in [0.15, 0.2) is 18.6 Å². The van der Waals surface area contributed by atoms with Gasteiger partial charge in [0, 0.05) is 25.7 Å². The van der Waals surface area contributed by atoms with E-state index in [1.807, 2.05) is 0 Å². The molecule has 1 aliphatic rings. The highest BCUT2D eigenvalue weighted by molar-refractivity contribution is 5.66. The molecule has 1 unspecified atom stereocenters. The largest absolute Gasteiger partial charge is 0.441 e. The third-order valence-electron chi connectivity index (χ3n) is 3.10. The predicted molar refractivity (Wildman–Crippen MR) is 65.5 cm³/mol. The zero-order valence-corrected chi connectivity index (χ0v) is 10.6. The van der Waals surface area contributed by atoms with E-state index in [1.165, 1.54) is 17.7 Å². The summed E-state index contributed by atoms with van der Waals surface area (Å²) in [6.45, 7) is 1.65. The molecule has 2 aromatic rings. The first-order chi connectivity index (χ1) is 9.58. The van der Waals surface area contributed by atoms with Gasteiger partial charge in [0.1, 0.15) is 6.20 Å². The quantitative estimate of drug-likeness (QED) is 0.462. The standard InChI is InChI=1S/C11H11N5O4/c1-7(17)20-9-2-4-14-8(16(18)19)6-13-11(14)10-12-3-5-15(9)10/h3,5-6,9H,2,4H2,1H3. The smallest absolute Gasteiger partial charge is 0.343 e. The Hall–Kier alpha value is -2.71. The second-order valence-corrected chi connectivity index (χ2v) is 4.36. The normalized spacial score (nSPS) is 16.9. The Kier molecular flexibility index (Phi) is 2.74. The van der Waals surface area contributed by atoms with E-state index in [0.717, 1.165) is 0 Å². The van der Waals surface area contributed by atoms with E-state index in [-0.39, 0.29) is 5.82 Å². The van der Waals surface area contributed by atoms with Crippen LogP contribution in [0.4, 0.5) is 5.82 Å². The van der Waals surface area contributed by atoms with E-state index in [0.29, 0.717) is 24.6 Å². The number of nitrogens with zero attached hydrogens (tertiary/aromatic N) is 5. The number of rotatable bonds is 2. The number of carbonyl (C=O) groups is 1. The van der Waals surface area contributed by atoms with Crippen molar-refractivity contribution in [1.82, 2.24) is 19.1 Å². The van der Waals surface area contributed by atoms with E-state index in [4.69, 9.17) is 4.74 Å². The molecule has 104 valence electrons. The maximum Gasteiger partial charge on any atom is 0.343 e. The van der Waals surface area contributed by atoms with Crippen molar-refractivity contribution in [3.8, 4) is 11.6 Å². The Morgan fingerprint density at radius 2 is 2.30 bits per heavy atom. The van der Waals surface area contributed by atoms with Gasteiger partial charge in [-0.2, -0.15) is 0 Å². The summed E-state index contributed by atoms with van der Waals surface area (Å²) in [5.74, 6) is 0.333. The lowest BCUT2D eigenvalue weighted by atomic mass is 10.3. The fourth-order valence-electron chi connectivity index (χ4n) is 2.32. The Labute approximate surface area is 113 Å². The molecule has 0 aliphatic carbocycles. The molecule has 0 radical (unpaired) electrons. The Bertz CT molecular complexity index is 689. The third kappa shape index (κ3) is 1.83. The SMILES string of the molecule is CC(=O)OC1CCn2c([N+](=O)[O-])cnc2-c2nccn21. The minimum atomic E-state index is -0.536. The summed E-state index contributed by atoms with van der Waals surface area (Å²) in [5, 5.41) is 11.0. The lowest BCUT2D eigenvalue weighted by Crippen LogP contribution is -2.15. The molecule has 0 bridgehead atoms. The summed E-state index contributed by atoms with van der Waals surface area (Å²) in [5.41, 5.74) is 0. The number of esters is 1. The molecule has 0 saturated heterocycles. The zero-order chi connectivity index (χ0) is 14.3. The second kappa shape index (κ2) is 4.44. The first-order valence-electron chi connectivity index (χ1n) is 5.98. The van der Waals surface area contributed by atoms with Crippen molar-refractivity contribution in [2.75, 3.05) is 0 Å². The summed E-state index contributed by atoms with van der Waals surface area (Å²) in [6, 6.07) is 0. The van der Waals surface area contributed by atoms with Crippen LogP contribution in [0.25, 0.3) is 11.6 Å². The number of hydrogen-bond acceptors (Lipinski definition) is 6. The molecule has 1 aliphatic heterocycles. The summed E-state index contributed by atoms with van der Waals surface area (Å²) >= 11 is 0. The number of ether oxygens (including phenoxy) is 1. The van der Waals surface area contributed by atoms with Crippen LogP contribution in [0.3, 0.4) is 0 Å². The number of hydrogen-bond donors (Lipinski definition) is 0. The van der Waals surface area contributed by atoms with E-state index in [2.05, 4.69) is 9.97 Å². The fraction of sp³-hybridized carbons (Fsp3) is 0.364. The molecule has 9 heteroatoms. The van der Waals surface area contributed by atoms with Crippen LogP contribution in [0.5, 0.6) is 0 Å². The maximum atomic E-state index is 11.2. The van der Waals surface area contributed by atoms with E-state index in [9.17, 15) is 14.9 Å². The van der Waals surface area contributed by atoms with E-state index in [1.54, 1.807) is 17.0 Å². The molecule has 3 heterocycles. The van der Waals surface area contributed by atoms with E-state index >= 15 is 0 Å². The van der Waals surface area contributed by atoms with Crippen LogP contribution < -0.4 is 0 Å². The minimum absolute atomic E-state index is 0.0991. The predicted octanol–water partition coefficient (Wildman–Crippen LogP) is 1.12. The molecule has 0 fully saturated rings. The van der Waals surface area contributed by atoms with Crippen LogP contribution in [0, 0.1) is 10.1 Å². The number of imidazole rings is 2. The lowest BCUT2D eigenvalue weighted by Gasteiger charge is -2.16. The maximum absolute atomic E-state index is 11.2. The highest BCUT2D eigenvalue weighted by Crippen LogP contribution is 2.31. The van der Waals surface area contributed by atoms with Gasteiger partial charge in [-0.25, -0.2) is 14.5 Å². The Morgan fingerprint density at radius 3 is 3.00 bits per heavy atom. The van der Waals surface area contributed by atoms with Crippen molar-refractivity contribution in [1.29, 1.82) is 0 Å². The van der Waals surface area contributed by atoms with Crippen LogP contribution >= 0.6 is 0 Å². The Morgan fingerprint density at radius 1 is 1.50 bits per heavy atom. The molecule has 3 rings (SSSR count). The van der Waals surface area contributed by atoms with Gasteiger partial charge in [-0.15, -0.1) is 0 Å². The molecular weight excluding hydrogens is 266 g/mol. The molecule has 0 saturated carbocycles. The summed E-state index contributed by atoms with van der Waals surface area (Å²) in [7, 11) is 0. The van der Waals surface area contributed by atoms with Crippen LogP contribution in [-0.2, 0) is 16.1 Å². The fourth-order valence-corrected chi connectivity index (χ4v) is 2.32. The van der Waals surface area contributed by atoms with Crippen molar-refractivity contribution in [3.05, 3.63) is 28.7 Å². The second-order valence-electron chi connectivity index (χ2n) is 4.36. The third-order valence-corrected chi connectivity index (χ3v) is 3.10. The van der Waals surface area contributed by atoms with Gasteiger partial charge in [0.05, 0.1) is 6.54 Å². The molecule has 0 spiro atoms. The molecule has 9 nitrogen and oxygen atoms in total. The van der Waals surface area contributed by atoms with Crippen molar-refractivity contribution >= 4 is 11.8 Å². The average Bonchev–Trinajstić information content (AvgIpc) is 2.97. The number of carbonyl (C=O) groups excluding carboxylic acids is 1. The monoisotopic (exact) mass is 277 g/mol. The summed E-state index contributed by atoms with van der Waals surface area (Å²) in [4.78, 5) is 29.9. The van der Waals surface area contributed by atoms with Gasteiger partial charge >= 0.3 is 11.8 Å². The van der Waals surface area contributed by atoms with Crippen LogP contribution in [0.2, 0.25) is 0 Å². The number of nitro groups is 1. The van der Waals surface area contributed by atoms with Crippen molar-refractivity contribution in [3.63, 3.8) is 0 Å². The van der Waals surface area contributed by atoms with Gasteiger partial charge in [-0.1, -0.05) is 0 Å². The highest BCUT2D eigenvalue weighted by atomic mass is 16.6. The first kappa shape index (κ1) is 12.3. The number of fused-ring (bicyclic) bond motifs is 3. The molecule has 2 aromatic heterocycles. The average molecular weight is 277 g/mol. The molecule has 0 aromatic carbocycles. The molecule has 1 atom stereocenters. The van der Waals surface area contributed by atoms with Gasteiger partial charge in [-0.05, 0) is 4.92 Å². The van der Waals surface area contributed by atoms with Crippen molar-refractivity contribution in [2.45, 2.75) is 26.1 Å². The first-order valence-corrected chi connectivity index (χ1v) is 5.98. The van der Waals surface area contributed by atoms with Crippen LogP contribution in [-0.4, -0.2) is 30.0 Å².